The van der Waals surface area contributed by atoms with E-state index in [1.165, 1.54) is 18.0 Å². The lowest BCUT2D eigenvalue weighted by Crippen LogP contribution is -2.48. The van der Waals surface area contributed by atoms with Gasteiger partial charge in [0.25, 0.3) is 5.91 Å². The number of rotatable bonds is 6. The molecule has 2 atom stereocenters. The van der Waals surface area contributed by atoms with Crippen molar-refractivity contribution in [3.63, 3.8) is 0 Å². The number of carbonyl (C=O) groups excluding carboxylic acids is 2. The lowest BCUT2D eigenvalue weighted by atomic mass is 9.89. The summed E-state index contributed by atoms with van der Waals surface area (Å²) in [5, 5.41) is 0.557. The summed E-state index contributed by atoms with van der Waals surface area (Å²) < 4.78 is 5.40. The number of nitrogens with zero attached hydrogens (tertiary/aromatic N) is 4. The van der Waals surface area contributed by atoms with E-state index in [0.717, 1.165) is 16.9 Å². The number of hydrogen-bond acceptors (Lipinski definition) is 6. The Kier molecular flexibility index (Phi) is 6.63. The Morgan fingerprint density at radius 2 is 1.74 bits per heavy atom. The first-order valence-electron chi connectivity index (χ1n) is 11.4. The van der Waals surface area contributed by atoms with Crippen LogP contribution in [-0.2, 0) is 4.79 Å². The van der Waals surface area contributed by atoms with Crippen LogP contribution >= 0.6 is 11.8 Å². The number of benzene rings is 2. The van der Waals surface area contributed by atoms with Crippen LogP contribution < -0.4 is 9.80 Å². The molecule has 0 saturated heterocycles. The average Bonchev–Trinajstić information content (AvgIpc) is 3.44. The highest BCUT2D eigenvalue weighted by Gasteiger charge is 2.39. The zero-order valence-corrected chi connectivity index (χ0v) is 20.0. The number of anilines is 2. The van der Waals surface area contributed by atoms with Crippen LogP contribution in [0.2, 0.25) is 0 Å². The molecule has 8 heteroatoms. The molecule has 4 aromatic rings. The van der Waals surface area contributed by atoms with Crippen molar-refractivity contribution in [2.24, 2.45) is 0 Å². The Balaban J connectivity index is 1.51. The standard InChI is InChI=1S/C27H24N4O3S/c1-19-17-23(21-11-5-6-12-22(21)30(19)26(33)24-13-7-16-34-24)31(20-9-3-2-4-10-20)25(32)18-35-27-28-14-8-15-29-27/h2-16,19,23H,17-18H2,1H3. The van der Waals surface area contributed by atoms with Gasteiger partial charge in [-0.1, -0.05) is 48.2 Å². The predicted octanol–water partition coefficient (Wildman–Crippen LogP) is 5.38. The van der Waals surface area contributed by atoms with E-state index in [0.29, 0.717) is 17.3 Å². The first-order valence-corrected chi connectivity index (χ1v) is 12.3. The Morgan fingerprint density at radius 3 is 2.49 bits per heavy atom. The van der Waals surface area contributed by atoms with E-state index in [1.54, 1.807) is 35.5 Å². The second kappa shape index (κ2) is 10.1. The Morgan fingerprint density at radius 1 is 1.00 bits per heavy atom. The van der Waals surface area contributed by atoms with E-state index >= 15 is 0 Å². The van der Waals surface area contributed by atoms with Gasteiger partial charge in [0.15, 0.2) is 10.9 Å². The topological polar surface area (TPSA) is 79.5 Å². The third kappa shape index (κ3) is 4.70. The van der Waals surface area contributed by atoms with Gasteiger partial charge in [-0.05, 0) is 55.3 Å². The van der Waals surface area contributed by atoms with E-state index < -0.39 is 0 Å². The summed E-state index contributed by atoms with van der Waals surface area (Å²) in [6, 6.07) is 22.2. The van der Waals surface area contributed by atoms with Crippen LogP contribution in [0.1, 0.15) is 35.5 Å². The molecular weight excluding hydrogens is 460 g/mol. The Hall–Kier alpha value is -3.91. The Bertz CT molecular complexity index is 1300. The fraction of sp³-hybridized carbons (Fsp3) is 0.185. The number of hydrogen-bond donors (Lipinski definition) is 0. The molecule has 3 heterocycles. The zero-order chi connectivity index (χ0) is 24.2. The SMILES string of the molecule is CC1CC(N(C(=O)CSc2ncccn2)c2ccccc2)c2ccccc2N1C(=O)c1ccco1. The van der Waals surface area contributed by atoms with Crippen LogP contribution in [0.25, 0.3) is 0 Å². The minimum absolute atomic E-state index is 0.0496. The number of amides is 2. The van der Waals surface area contributed by atoms with E-state index in [2.05, 4.69) is 9.97 Å². The number of carbonyl (C=O) groups is 2. The van der Waals surface area contributed by atoms with Gasteiger partial charge in [0.2, 0.25) is 5.91 Å². The zero-order valence-electron chi connectivity index (χ0n) is 19.2. The van der Waals surface area contributed by atoms with Crippen molar-refractivity contribution in [1.29, 1.82) is 0 Å². The van der Waals surface area contributed by atoms with Gasteiger partial charge in [0, 0.05) is 29.8 Å². The molecule has 2 unspecified atom stereocenters. The highest BCUT2D eigenvalue weighted by atomic mass is 32.2. The number of furan rings is 1. The maximum atomic E-state index is 13.7. The first kappa shape index (κ1) is 22.9. The summed E-state index contributed by atoms with van der Waals surface area (Å²) in [5.74, 6) is 0.246. The molecule has 2 aromatic heterocycles. The smallest absolute Gasteiger partial charge is 0.294 e. The summed E-state index contributed by atoms with van der Waals surface area (Å²) in [6.45, 7) is 2.00. The van der Waals surface area contributed by atoms with Gasteiger partial charge in [-0.15, -0.1) is 0 Å². The third-order valence-corrected chi connectivity index (χ3v) is 6.85. The van der Waals surface area contributed by atoms with Crippen molar-refractivity contribution in [1.82, 2.24) is 9.97 Å². The lowest BCUT2D eigenvalue weighted by Gasteiger charge is -2.43. The normalized spacial score (nSPS) is 17.0. The quantitative estimate of drug-likeness (QED) is 0.270. The number of para-hydroxylation sites is 2. The van der Waals surface area contributed by atoms with Gasteiger partial charge in [-0.25, -0.2) is 9.97 Å². The fourth-order valence-electron chi connectivity index (χ4n) is 4.50. The van der Waals surface area contributed by atoms with Crippen LogP contribution in [0.5, 0.6) is 0 Å². The molecule has 0 N–H and O–H groups in total. The Labute approximate surface area is 207 Å². The molecule has 5 rings (SSSR count). The van der Waals surface area contributed by atoms with Crippen molar-refractivity contribution >= 4 is 35.0 Å². The van der Waals surface area contributed by atoms with Gasteiger partial charge < -0.3 is 14.2 Å². The highest BCUT2D eigenvalue weighted by Crippen LogP contribution is 2.43. The van der Waals surface area contributed by atoms with Crippen LogP contribution in [0.3, 0.4) is 0 Å². The molecule has 1 aliphatic heterocycles. The number of aromatic nitrogens is 2. The average molecular weight is 485 g/mol. The lowest BCUT2D eigenvalue weighted by molar-refractivity contribution is -0.116. The molecule has 0 bridgehead atoms. The van der Waals surface area contributed by atoms with Crippen molar-refractivity contribution in [2.45, 2.75) is 30.6 Å². The van der Waals surface area contributed by atoms with Crippen molar-refractivity contribution in [2.75, 3.05) is 15.6 Å². The van der Waals surface area contributed by atoms with Crippen molar-refractivity contribution < 1.29 is 14.0 Å². The second-order valence-corrected chi connectivity index (χ2v) is 9.17. The van der Waals surface area contributed by atoms with Crippen LogP contribution in [0, 0.1) is 0 Å². The molecule has 176 valence electrons. The van der Waals surface area contributed by atoms with Crippen molar-refractivity contribution in [3.05, 3.63) is 103 Å². The molecule has 2 amide bonds. The molecular formula is C27H24N4O3S. The minimum Gasteiger partial charge on any atom is -0.459 e. The van der Waals surface area contributed by atoms with Crippen LogP contribution in [0.4, 0.5) is 11.4 Å². The number of fused-ring (bicyclic) bond motifs is 1. The van der Waals surface area contributed by atoms with E-state index in [-0.39, 0.29) is 29.7 Å². The molecule has 0 aliphatic carbocycles. The van der Waals surface area contributed by atoms with Gasteiger partial charge in [0.1, 0.15) is 0 Å². The first-order chi connectivity index (χ1) is 17.1. The maximum absolute atomic E-state index is 13.7. The third-order valence-electron chi connectivity index (χ3n) is 5.99. The van der Waals surface area contributed by atoms with Gasteiger partial charge in [-0.2, -0.15) is 0 Å². The number of thioether (sulfide) groups is 1. The fourth-order valence-corrected chi connectivity index (χ4v) is 5.16. The molecule has 1 aliphatic rings. The molecule has 0 fully saturated rings. The molecule has 7 nitrogen and oxygen atoms in total. The predicted molar refractivity (Wildman–Crippen MR) is 135 cm³/mol. The van der Waals surface area contributed by atoms with E-state index in [4.69, 9.17) is 4.42 Å². The van der Waals surface area contributed by atoms with Crippen LogP contribution in [-0.4, -0.2) is 33.6 Å². The summed E-state index contributed by atoms with van der Waals surface area (Å²) in [4.78, 5) is 39.1. The van der Waals surface area contributed by atoms with Gasteiger partial charge >= 0.3 is 0 Å². The second-order valence-electron chi connectivity index (χ2n) is 8.23. The summed E-state index contributed by atoms with van der Waals surface area (Å²) >= 11 is 1.31. The van der Waals surface area contributed by atoms with Gasteiger partial charge in [-0.3, -0.25) is 9.59 Å². The highest BCUT2D eigenvalue weighted by molar-refractivity contribution is 7.99. The molecule has 0 saturated carbocycles. The summed E-state index contributed by atoms with van der Waals surface area (Å²) in [5.41, 5.74) is 2.51. The monoisotopic (exact) mass is 484 g/mol. The van der Waals surface area contributed by atoms with Gasteiger partial charge in [0.05, 0.1) is 18.1 Å². The molecule has 0 radical (unpaired) electrons. The molecule has 2 aromatic carbocycles. The van der Waals surface area contributed by atoms with E-state index in [1.807, 2.05) is 66.4 Å². The summed E-state index contributed by atoms with van der Waals surface area (Å²) in [7, 11) is 0. The summed E-state index contributed by atoms with van der Waals surface area (Å²) in [6.07, 6.45) is 5.41. The largest absolute Gasteiger partial charge is 0.459 e. The van der Waals surface area contributed by atoms with Crippen LogP contribution in [0.15, 0.2) is 101 Å². The molecule has 35 heavy (non-hydrogen) atoms. The van der Waals surface area contributed by atoms with Crippen molar-refractivity contribution in [3.8, 4) is 0 Å². The minimum atomic E-state index is -0.242. The maximum Gasteiger partial charge on any atom is 0.294 e. The molecule has 0 spiro atoms. The van der Waals surface area contributed by atoms with E-state index in [9.17, 15) is 9.59 Å².